The van der Waals surface area contributed by atoms with Crippen molar-refractivity contribution in [3.63, 3.8) is 0 Å². The maximum atomic E-state index is 5.76. The number of ether oxygens (including phenoxy) is 1. The summed E-state index contributed by atoms with van der Waals surface area (Å²) in [6.45, 7) is 0. The van der Waals surface area contributed by atoms with Crippen LogP contribution in [-0.4, -0.2) is 16.0 Å². The molecule has 2 aromatic carbocycles. The van der Waals surface area contributed by atoms with E-state index in [1.165, 1.54) is 5.56 Å². The Kier molecular flexibility index (Phi) is 4.65. The lowest BCUT2D eigenvalue weighted by Gasteiger charge is -2.36. The predicted octanol–water partition coefficient (Wildman–Crippen LogP) is 5.39. The number of anilines is 1. The van der Waals surface area contributed by atoms with Gasteiger partial charge in [0.1, 0.15) is 5.75 Å². The second-order valence-electron chi connectivity index (χ2n) is 6.20. The van der Waals surface area contributed by atoms with Gasteiger partial charge in [0.25, 0.3) is 0 Å². The number of aromatic nitrogens is 2. The Balaban J connectivity index is 1.35. The van der Waals surface area contributed by atoms with Crippen molar-refractivity contribution in [2.45, 2.75) is 24.8 Å². The Bertz CT molecular complexity index is 850. The summed E-state index contributed by atoms with van der Waals surface area (Å²) in [6, 6.07) is 20.4. The quantitative estimate of drug-likeness (QED) is 0.628. The molecule has 0 aliphatic heterocycles. The first kappa shape index (κ1) is 16.1. The lowest BCUT2D eigenvalue weighted by Crippen LogP contribution is -2.34. The standard InChI is InChI=1S/C20H18BrN3O/c21-16-6-4-5-14(11-16)15-12-17(13-15)23-20-22-10-9-19(24-20)25-18-7-2-1-3-8-18/h1-11,15,17H,12-13H2,(H,22,23,24). The molecule has 1 saturated carbocycles. The Hall–Kier alpha value is -2.40. The van der Waals surface area contributed by atoms with E-state index in [-0.39, 0.29) is 0 Å². The monoisotopic (exact) mass is 395 g/mol. The van der Waals surface area contributed by atoms with Crippen LogP contribution in [-0.2, 0) is 0 Å². The van der Waals surface area contributed by atoms with Gasteiger partial charge < -0.3 is 10.1 Å². The van der Waals surface area contributed by atoms with E-state index in [1.54, 1.807) is 12.3 Å². The molecule has 0 bridgehead atoms. The highest BCUT2D eigenvalue weighted by atomic mass is 79.9. The van der Waals surface area contributed by atoms with Crippen LogP contribution in [0.1, 0.15) is 24.3 Å². The smallest absolute Gasteiger partial charge is 0.226 e. The molecule has 0 spiro atoms. The summed E-state index contributed by atoms with van der Waals surface area (Å²) in [6.07, 6.45) is 3.89. The van der Waals surface area contributed by atoms with Gasteiger partial charge in [-0.2, -0.15) is 4.98 Å². The maximum absolute atomic E-state index is 5.76. The predicted molar refractivity (Wildman–Crippen MR) is 102 cm³/mol. The molecule has 1 N–H and O–H groups in total. The van der Waals surface area contributed by atoms with Gasteiger partial charge in [-0.25, -0.2) is 4.98 Å². The van der Waals surface area contributed by atoms with Crippen molar-refractivity contribution in [3.8, 4) is 11.6 Å². The van der Waals surface area contributed by atoms with Gasteiger partial charge in [0.2, 0.25) is 11.8 Å². The number of halogens is 1. The van der Waals surface area contributed by atoms with Crippen molar-refractivity contribution < 1.29 is 4.74 Å². The fraction of sp³-hybridized carbons (Fsp3) is 0.200. The van der Waals surface area contributed by atoms with Crippen molar-refractivity contribution in [3.05, 3.63) is 76.9 Å². The molecule has 0 amide bonds. The van der Waals surface area contributed by atoms with Crippen LogP contribution in [0.25, 0.3) is 0 Å². The molecule has 0 atom stereocenters. The first-order chi connectivity index (χ1) is 12.3. The zero-order valence-electron chi connectivity index (χ0n) is 13.6. The molecule has 0 unspecified atom stereocenters. The molecule has 0 radical (unpaired) electrons. The van der Waals surface area contributed by atoms with Crippen LogP contribution < -0.4 is 10.1 Å². The summed E-state index contributed by atoms with van der Waals surface area (Å²) < 4.78 is 6.89. The third kappa shape index (κ3) is 3.99. The number of hydrogen-bond donors (Lipinski definition) is 1. The average molecular weight is 396 g/mol. The van der Waals surface area contributed by atoms with Crippen LogP contribution in [0, 0.1) is 0 Å². The Labute approximate surface area is 155 Å². The van der Waals surface area contributed by atoms with Crippen molar-refractivity contribution in [1.29, 1.82) is 0 Å². The molecule has 1 heterocycles. The van der Waals surface area contributed by atoms with Crippen molar-refractivity contribution in [1.82, 2.24) is 9.97 Å². The van der Waals surface area contributed by atoms with Gasteiger partial charge in [-0.15, -0.1) is 0 Å². The Morgan fingerprint density at radius 2 is 1.84 bits per heavy atom. The lowest BCUT2D eigenvalue weighted by molar-refractivity contribution is 0.371. The molecule has 25 heavy (non-hydrogen) atoms. The zero-order chi connectivity index (χ0) is 17.1. The summed E-state index contributed by atoms with van der Waals surface area (Å²) in [7, 11) is 0. The molecule has 1 aliphatic rings. The highest BCUT2D eigenvalue weighted by Crippen LogP contribution is 2.38. The fourth-order valence-electron chi connectivity index (χ4n) is 3.03. The van der Waals surface area contributed by atoms with Crippen molar-refractivity contribution in [2.75, 3.05) is 5.32 Å². The van der Waals surface area contributed by atoms with Gasteiger partial charge in [-0.3, -0.25) is 0 Å². The summed E-state index contributed by atoms with van der Waals surface area (Å²) >= 11 is 3.54. The molecule has 1 aliphatic carbocycles. The Morgan fingerprint density at radius 1 is 1.00 bits per heavy atom. The van der Waals surface area contributed by atoms with Gasteiger partial charge in [0.05, 0.1) is 0 Å². The van der Waals surface area contributed by atoms with Gasteiger partial charge in [-0.05, 0) is 48.6 Å². The molecule has 1 fully saturated rings. The van der Waals surface area contributed by atoms with E-state index in [0.717, 1.165) is 23.1 Å². The van der Waals surface area contributed by atoms with Crippen LogP contribution >= 0.6 is 15.9 Å². The largest absolute Gasteiger partial charge is 0.439 e. The molecule has 4 nitrogen and oxygen atoms in total. The van der Waals surface area contributed by atoms with Crippen molar-refractivity contribution >= 4 is 21.9 Å². The average Bonchev–Trinajstić information content (AvgIpc) is 2.59. The van der Waals surface area contributed by atoms with E-state index in [4.69, 9.17) is 4.74 Å². The van der Waals surface area contributed by atoms with Crippen LogP contribution in [0.4, 0.5) is 5.95 Å². The van der Waals surface area contributed by atoms with Gasteiger partial charge in [-0.1, -0.05) is 46.3 Å². The third-order valence-electron chi connectivity index (χ3n) is 4.39. The Morgan fingerprint density at radius 3 is 2.64 bits per heavy atom. The number of hydrogen-bond acceptors (Lipinski definition) is 4. The second kappa shape index (κ2) is 7.23. The molecule has 4 rings (SSSR count). The number of para-hydroxylation sites is 1. The molecule has 126 valence electrons. The minimum Gasteiger partial charge on any atom is -0.439 e. The van der Waals surface area contributed by atoms with Crippen molar-refractivity contribution in [2.24, 2.45) is 0 Å². The van der Waals surface area contributed by atoms with E-state index in [1.807, 2.05) is 30.3 Å². The van der Waals surface area contributed by atoms with E-state index in [9.17, 15) is 0 Å². The first-order valence-corrected chi connectivity index (χ1v) is 9.13. The van der Waals surface area contributed by atoms with Gasteiger partial charge >= 0.3 is 0 Å². The van der Waals surface area contributed by atoms with E-state index < -0.39 is 0 Å². The molecular weight excluding hydrogens is 378 g/mol. The highest BCUT2D eigenvalue weighted by molar-refractivity contribution is 9.10. The van der Waals surface area contributed by atoms with E-state index in [2.05, 4.69) is 55.5 Å². The van der Waals surface area contributed by atoms with Crippen LogP contribution in [0.5, 0.6) is 11.6 Å². The summed E-state index contributed by atoms with van der Waals surface area (Å²) in [4.78, 5) is 8.75. The molecule has 0 saturated heterocycles. The third-order valence-corrected chi connectivity index (χ3v) is 4.88. The van der Waals surface area contributed by atoms with Gasteiger partial charge in [0.15, 0.2) is 0 Å². The minimum atomic E-state index is 0.399. The molecule has 1 aromatic heterocycles. The number of nitrogens with zero attached hydrogens (tertiary/aromatic N) is 2. The van der Waals surface area contributed by atoms with E-state index in [0.29, 0.717) is 23.8 Å². The highest BCUT2D eigenvalue weighted by Gasteiger charge is 2.30. The second-order valence-corrected chi connectivity index (χ2v) is 7.11. The van der Waals surface area contributed by atoms with Crippen LogP contribution in [0.3, 0.4) is 0 Å². The normalized spacial score (nSPS) is 19.1. The summed E-state index contributed by atoms with van der Waals surface area (Å²) in [5.41, 5.74) is 1.38. The number of benzene rings is 2. The topological polar surface area (TPSA) is 47.0 Å². The number of nitrogens with one attached hydrogen (secondary N) is 1. The zero-order valence-corrected chi connectivity index (χ0v) is 15.2. The maximum Gasteiger partial charge on any atom is 0.226 e. The van der Waals surface area contributed by atoms with E-state index >= 15 is 0 Å². The summed E-state index contributed by atoms with van der Waals surface area (Å²) in [5, 5.41) is 3.40. The number of rotatable bonds is 5. The van der Waals surface area contributed by atoms with Gasteiger partial charge in [0, 0.05) is 22.8 Å². The fourth-order valence-corrected chi connectivity index (χ4v) is 3.45. The first-order valence-electron chi connectivity index (χ1n) is 8.34. The van der Waals surface area contributed by atoms with Crippen LogP contribution in [0.15, 0.2) is 71.3 Å². The lowest BCUT2D eigenvalue weighted by atomic mass is 9.76. The minimum absolute atomic E-state index is 0.399. The van der Waals surface area contributed by atoms with Crippen LogP contribution in [0.2, 0.25) is 0 Å². The molecule has 5 heteroatoms. The molecule has 3 aromatic rings. The SMILES string of the molecule is Brc1cccc(C2CC(Nc3nccc(Oc4ccccc4)n3)C2)c1. The summed E-state index contributed by atoms with van der Waals surface area (Å²) in [5.74, 6) is 2.53. The molecular formula is C20H18BrN3O.